The summed E-state index contributed by atoms with van der Waals surface area (Å²) in [4.78, 5) is 1.42. The van der Waals surface area contributed by atoms with E-state index in [1.807, 2.05) is 6.92 Å². The molecule has 0 aliphatic carbocycles. The number of hydrogen-bond donors (Lipinski definition) is 2. The van der Waals surface area contributed by atoms with Gasteiger partial charge in [-0.25, -0.2) is 0 Å². The van der Waals surface area contributed by atoms with Crippen molar-refractivity contribution in [3.8, 4) is 0 Å². The number of rotatable bonds is 0. The van der Waals surface area contributed by atoms with Crippen LogP contribution in [0.15, 0.2) is 0 Å². The highest BCUT2D eigenvalue weighted by molar-refractivity contribution is 3.79. The van der Waals surface area contributed by atoms with Gasteiger partial charge in [-0.05, 0) is 6.92 Å². The molecule has 0 aromatic heterocycles. The number of hydrogen-bond acceptors (Lipinski definition) is 0. The molecule has 0 amide bonds. The molecular weight excluding hydrogens is 159 g/mol. The van der Waals surface area contributed by atoms with E-state index in [-0.39, 0.29) is 24.8 Å². The van der Waals surface area contributed by atoms with Gasteiger partial charge in [-0.3, -0.25) is 0 Å². The summed E-state index contributed by atoms with van der Waals surface area (Å²) in [5, 5.41) is 0. The molecule has 0 saturated carbocycles. The van der Waals surface area contributed by atoms with Crippen LogP contribution < -0.4 is 35.4 Å². The van der Waals surface area contributed by atoms with Gasteiger partial charge in [0.05, 0.1) is 27.7 Å². The Hall–Kier alpha value is 0.500. The van der Waals surface area contributed by atoms with E-state index in [0.717, 1.165) is 6.54 Å². The van der Waals surface area contributed by atoms with E-state index < -0.39 is 0 Å². The van der Waals surface area contributed by atoms with Gasteiger partial charge in [-0.1, -0.05) is 0 Å². The predicted molar refractivity (Wildman–Crippen MR) is 32.2 cm³/mol. The van der Waals surface area contributed by atoms with Gasteiger partial charge in [0.15, 0.2) is 0 Å². The fourth-order valence-electron chi connectivity index (χ4n) is 0. The summed E-state index contributed by atoms with van der Waals surface area (Å²) < 4.78 is 0. The van der Waals surface area contributed by atoms with Crippen LogP contribution in [0.3, 0.4) is 0 Å². The molecule has 0 aliphatic rings. The monoisotopic (exact) mass is 176 g/mol. The van der Waals surface area contributed by atoms with Crippen LogP contribution in [0.25, 0.3) is 0 Å². The first-order valence-corrected chi connectivity index (χ1v) is 2.71. The third-order valence-electron chi connectivity index (χ3n) is 0. The van der Waals surface area contributed by atoms with Crippen molar-refractivity contribution in [1.29, 1.82) is 0 Å². The highest BCUT2D eigenvalue weighted by atomic mass is 35.5. The van der Waals surface area contributed by atoms with E-state index >= 15 is 0 Å². The lowest BCUT2D eigenvalue weighted by Crippen LogP contribution is -3.02. The molecule has 0 aromatic rings. The van der Waals surface area contributed by atoms with Gasteiger partial charge in [0.25, 0.3) is 0 Å². The molecule has 0 radical (unpaired) electrons. The Balaban J connectivity index is -0.0000000233. The van der Waals surface area contributed by atoms with Crippen LogP contribution in [0.2, 0.25) is 0 Å². The standard InChI is InChI=1S/C3H9N.C2H7N.2ClH/c1-4(2)3;1-2-3;;/h1-3H3;2-3H2,1H3;2*1H. The minimum atomic E-state index is 0. The topological polar surface area (TPSA) is 32.1 Å². The summed E-state index contributed by atoms with van der Waals surface area (Å²) in [6.07, 6.45) is 0. The lowest BCUT2D eigenvalue weighted by molar-refractivity contribution is -0.836. The van der Waals surface area contributed by atoms with Crippen molar-refractivity contribution >= 4 is 0 Å². The third kappa shape index (κ3) is 1440. The fourth-order valence-corrected chi connectivity index (χ4v) is 0. The average molecular weight is 177 g/mol. The zero-order valence-electron chi connectivity index (χ0n) is 6.67. The molecule has 0 unspecified atom stereocenters. The molecule has 0 spiro atoms. The Morgan fingerprint density at radius 3 is 1.11 bits per heavy atom. The van der Waals surface area contributed by atoms with E-state index in [2.05, 4.69) is 26.9 Å². The fraction of sp³-hybridized carbons (Fsp3) is 1.00. The van der Waals surface area contributed by atoms with Gasteiger partial charge >= 0.3 is 0 Å². The average Bonchev–Trinajstić information content (AvgIpc) is 1.33. The van der Waals surface area contributed by atoms with Gasteiger partial charge in [-0.15, -0.1) is 0 Å². The Kier molecular flexibility index (Phi) is 59.5. The van der Waals surface area contributed by atoms with E-state index in [1.165, 1.54) is 4.90 Å². The van der Waals surface area contributed by atoms with E-state index in [0.29, 0.717) is 0 Å². The third-order valence-corrected chi connectivity index (χ3v) is 0. The molecule has 4 N–H and O–H groups in total. The first-order valence-electron chi connectivity index (χ1n) is 2.71. The molecule has 4 heteroatoms. The van der Waals surface area contributed by atoms with E-state index in [1.54, 1.807) is 0 Å². The lowest BCUT2D eigenvalue weighted by atomic mass is 10.8. The second-order valence-electron chi connectivity index (χ2n) is 2.00. The number of quaternary nitrogens is 2. The molecule has 0 saturated heterocycles. The maximum Gasteiger partial charge on any atom is 0.0711 e. The molecule has 0 bridgehead atoms. The maximum atomic E-state index is 3.49. The second kappa shape index (κ2) is 23.6. The van der Waals surface area contributed by atoms with Crippen LogP contribution in [0, 0.1) is 0 Å². The highest BCUT2D eigenvalue weighted by Crippen LogP contribution is 1.13. The summed E-state index contributed by atoms with van der Waals surface area (Å²) >= 11 is 0. The number of halogens is 2. The second-order valence-corrected chi connectivity index (χ2v) is 2.00. The summed E-state index contributed by atoms with van der Waals surface area (Å²) in [6.45, 7) is 3.01. The Bertz CT molecular complexity index is 24.2. The molecule has 9 heavy (non-hydrogen) atoms. The Morgan fingerprint density at radius 2 is 1.11 bits per heavy atom. The Labute approximate surface area is 70.6 Å². The SMILES string of the molecule is CC[NH3+].C[NH+](C)C.[Cl-].[Cl-]. The van der Waals surface area contributed by atoms with Crippen molar-refractivity contribution in [3.05, 3.63) is 0 Å². The molecule has 0 rings (SSSR count). The van der Waals surface area contributed by atoms with Crippen molar-refractivity contribution < 1.29 is 35.4 Å². The molecule has 0 atom stereocenters. The zero-order chi connectivity index (χ0) is 6.28. The quantitative estimate of drug-likeness (QED) is 0.368. The van der Waals surface area contributed by atoms with Crippen LogP contribution in [-0.2, 0) is 0 Å². The van der Waals surface area contributed by atoms with E-state index in [9.17, 15) is 0 Å². The molecule has 0 aliphatic heterocycles. The van der Waals surface area contributed by atoms with Crippen LogP contribution in [0.1, 0.15) is 6.92 Å². The maximum absolute atomic E-state index is 3.49. The predicted octanol–water partition coefficient (Wildman–Crippen LogP) is -7.98. The first-order chi connectivity index (χ1) is 3.15. The van der Waals surface area contributed by atoms with Gasteiger partial charge < -0.3 is 35.4 Å². The molecule has 62 valence electrons. The summed E-state index contributed by atoms with van der Waals surface area (Å²) in [6, 6.07) is 0. The Morgan fingerprint density at radius 1 is 1.11 bits per heavy atom. The summed E-state index contributed by atoms with van der Waals surface area (Å²) in [5.74, 6) is 0. The molecule has 0 fully saturated rings. The molecule has 0 aromatic carbocycles. The highest BCUT2D eigenvalue weighted by Gasteiger charge is 1.61. The normalized spacial score (nSPS) is 6.00. The summed E-state index contributed by atoms with van der Waals surface area (Å²) in [7, 11) is 6.25. The van der Waals surface area contributed by atoms with Crippen molar-refractivity contribution in [1.82, 2.24) is 0 Å². The first kappa shape index (κ1) is 22.7. The van der Waals surface area contributed by atoms with Gasteiger partial charge in [0.1, 0.15) is 0 Å². The van der Waals surface area contributed by atoms with Gasteiger partial charge in [0, 0.05) is 0 Å². The minimum absolute atomic E-state index is 0. The van der Waals surface area contributed by atoms with Gasteiger partial charge in [0.2, 0.25) is 0 Å². The largest absolute Gasteiger partial charge is 1.00 e. The van der Waals surface area contributed by atoms with Crippen LogP contribution in [0.4, 0.5) is 0 Å². The molecule has 2 nitrogen and oxygen atoms in total. The van der Waals surface area contributed by atoms with Crippen molar-refractivity contribution in [3.63, 3.8) is 0 Å². The van der Waals surface area contributed by atoms with E-state index in [4.69, 9.17) is 0 Å². The molecule has 0 heterocycles. The summed E-state index contributed by atoms with van der Waals surface area (Å²) in [5.41, 5.74) is 3.49. The lowest BCUT2D eigenvalue weighted by Gasteiger charge is -1.88. The smallest absolute Gasteiger partial charge is 0.0711 e. The molecular formula is C5H18Cl2N2. The van der Waals surface area contributed by atoms with Crippen molar-refractivity contribution in [2.75, 3.05) is 27.7 Å². The van der Waals surface area contributed by atoms with Crippen LogP contribution in [-0.4, -0.2) is 27.7 Å². The van der Waals surface area contributed by atoms with Crippen molar-refractivity contribution in [2.45, 2.75) is 6.92 Å². The minimum Gasteiger partial charge on any atom is -1.00 e. The van der Waals surface area contributed by atoms with Crippen LogP contribution in [0.5, 0.6) is 0 Å². The number of nitrogens with one attached hydrogen (secondary N) is 1. The van der Waals surface area contributed by atoms with Gasteiger partial charge in [-0.2, -0.15) is 0 Å². The zero-order valence-corrected chi connectivity index (χ0v) is 8.18. The van der Waals surface area contributed by atoms with Crippen molar-refractivity contribution in [2.24, 2.45) is 0 Å². The van der Waals surface area contributed by atoms with Crippen LogP contribution >= 0.6 is 0 Å².